The zero-order valence-electron chi connectivity index (χ0n) is 14.0. The lowest BCUT2D eigenvalue weighted by Crippen LogP contribution is -2.13. The lowest BCUT2D eigenvalue weighted by molar-refractivity contribution is -0.140. The maximum Gasteiger partial charge on any atom is 0.330 e. The third-order valence-corrected chi connectivity index (χ3v) is 3.89. The smallest absolute Gasteiger partial charge is 0.330 e. The van der Waals surface area contributed by atoms with Crippen molar-refractivity contribution in [3.8, 4) is 0 Å². The zero-order chi connectivity index (χ0) is 16.8. The van der Waals surface area contributed by atoms with Crippen molar-refractivity contribution in [1.82, 2.24) is 0 Å². The highest BCUT2D eigenvalue weighted by Crippen LogP contribution is 2.18. The van der Waals surface area contributed by atoms with Crippen molar-refractivity contribution in [3.05, 3.63) is 25.3 Å². The van der Waals surface area contributed by atoms with Crippen LogP contribution in [0.2, 0.25) is 0 Å². The quantitative estimate of drug-likeness (QED) is 0.292. The predicted molar refractivity (Wildman–Crippen MR) is 88.3 cm³/mol. The summed E-state index contributed by atoms with van der Waals surface area (Å²) in [5, 5.41) is 0. The van der Waals surface area contributed by atoms with Crippen LogP contribution in [0.15, 0.2) is 25.3 Å². The summed E-state index contributed by atoms with van der Waals surface area (Å²) in [6.07, 6.45) is 8.67. The van der Waals surface area contributed by atoms with Gasteiger partial charge in [-0.15, -0.1) is 0 Å². The molecule has 0 radical (unpaired) electrons. The van der Waals surface area contributed by atoms with E-state index in [9.17, 15) is 9.59 Å². The van der Waals surface area contributed by atoms with Gasteiger partial charge in [0, 0.05) is 12.2 Å². The van der Waals surface area contributed by atoms with Crippen molar-refractivity contribution >= 4 is 11.9 Å². The van der Waals surface area contributed by atoms with Crippen LogP contribution in [0.1, 0.15) is 52.4 Å². The number of hydrogen-bond acceptors (Lipinski definition) is 4. The maximum absolute atomic E-state index is 11.1. The molecule has 126 valence electrons. The lowest BCUT2D eigenvalue weighted by Gasteiger charge is -2.17. The van der Waals surface area contributed by atoms with Gasteiger partial charge in [-0.1, -0.05) is 52.7 Å². The SMILES string of the molecule is C=CC(=O)OCC(CC)CCCCC(CC)COC(=O)C=C. The number of carbonyl (C=O) groups excluding carboxylic acids is 2. The number of esters is 2. The summed E-state index contributed by atoms with van der Waals surface area (Å²) in [4.78, 5) is 22.1. The number of rotatable bonds is 13. The van der Waals surface area contributed by atoms with E-state index in [0.29, 0.717) is 25.0 Å². The van der Waals surface area contributed by atoms with Gasteiger partial charge in [0.1, 0.15) is 0 Å². The molecular weight excluding hydrogens is 280 g/mol. The Balaban J connectivity index is 3.85. The molecule has 2 unspecified atom stereocenters. The fourth-order valence-corrected chi connectivity index (χ4v) is 2.19. The number of ether oxygens (including phenoxy) is 2. The average Bonchev–Trinajstić information content (AvgIpc) is 2.55. The molecule has 0 aromatic heterocycles. The van der Waals surface area contributed by atoms with E-state index in [2.05, 4.69) is 27.0 Å². The molecule has 22 heavy (non-hydrogen) atoms. The van der Waals surface area contributed by atoms with E-state index in [-0.39, 0.29) is 11.9 Å². The molecule has 0 bridgehead atoms. The van der Waals surface area contributed by atoms with Crippen molar-refractivity contribution < 1.29 is 19.1 Å². The second-order valence-corrected chi connectivity index (χ2v) is 5.50. The van der Waals surface area contributed by atoms with Gasteiger partial charge in [-0.2, -0.15) is 0 Å². The molecule has 0 amide bonds. The van der Waals surface area contributed by atoms with Crippen LogP contribution in [-0.4, -0.2) is 25.2 Å². The molecule has 0 N–H and O–H groups in total. The van der Waals surface area contributed by atoms with Crippen LogP contribution in [0.5, 0.6) is 0 Å². The summed E-state index contributed by atoms with van der Waals surface area (Å²) in [5.74, 6) is 0.104. The summed E-state index contributed by atoms with van der Waals surface area (Å²) in [5.41, 5.74) is 0. The molecule has 4 nitrogen and oxygen atoms in total. The van der Waals surface area contributed by atoms with Crippen LogP contribution in [0.25, 0.3) is 0 Å². The molecule has 0 aromatic rings. The second kappa shape index (κ2) is 13.1. The lowest BCUT2D eigenvalue weighted by atomic mass is 9.95. The molecule has 4 heteroatoms. The third-order valence-electron chi connectivity index (χ3n) is 3.89. The average molecular weight is 310 g/mol. The van der Waals surface area contributed by atoms with E-state index in [0.717, 1.165) is 38.5 Å². The minimum absolute atomic E-state index is 0.353. The van der Waals surface area contributed by atoms with Gasteiger partial charge in [0.15, 0.2) is 0 Å². The Morgan fingerprint density at radius 3 is 1.50 bits per heavy atom. The molecule has 0 aromatic carbocycles. The molecule has 0 heterocycles. The van der Waals surface area contributed by atoms with Gasteiger partial charge in [0.2, 0.25) is 0 Å². The van der Waals surface area contributed by atoms with Gasteiger partial charge in [-0.25, -0.2) is 9.59 Å². The van der Waals surface area contributed by atoms with Crippen molar-refractivity contribution in [2.45, 2.75) is 52.4 Å². The summed E-state index contributed by atoms with van der Waals surface area (Å²) < 4.78 is 10.2. The Morgan fingerprint density at radius 1 is 0.864 bits per heavy atom. The predicted octanol–water partition coefficient (Wildman–Crippen LogP) is 4.06. The van der Waals surface area contributed by atoms with Gasteiger partial charge in [0.25, 0.3) is 0 Å². The van der Waals surface area contributed by atoms with Crippen LogP contribution in [0.3, 0.4) is 0 Å². The molecule has 0 aliphatic carbocycles. The van der Waals surface area contributed by atoms with Crippen LogP contribution in [-0.2, 0) is 19.1 Å². The molecule has 2 atom stereocenters. The molecule has 0 saturated heterocycles. The Kier molecular flexibility index (Phi) is 12.2. The van der Waals surface area contributed by atoms with E-state index in [1.54, 1.807) is 0 Å². The number of hydrogen-bond donors (Lipinski definition) is 0. The highest BCUT2D eigenvalue weighted by molar-refractivity contribution is 5.81. The summed E-state index contributed by atoms with van der Waals surface area (Å²) in [6.45, 7) is 11.9. The molecule has 0 spiro atoms. The molecule has 0 rings (SSSR count). The molecule has 0 saturated carbocycles. The monoisotopic (exact) mass is 310 g/mol. The van der Waals surface area contributed by atoms with Crippen molar-refractivity contribution in [2.75, 3.05) is 13.2 Å². The Hall–Kier alpha value is -1.58. The van der Waals surface area contributed by atoms with Crippen LogP contribution in [0, 0.1) is 11.8 Å². The first-order chi connectivity index (χ1) is 10.6. The standard InChI is InChI=1S/C18H30O4/c1-5-15(13-21-17(19)7-3)11-9-10-12-16(6-2)14-22-18(20)8-4/h7-8,15-16H,3-6,9-14H2,1-2H3. The van der Waals surface area contributed by atoms with Crippen molar-refractivity contribution in [2.24, 2.45) is 11.8 Å². The minimum Gasteiger partial charge on any atom is -0.462 e. The highest BCUT2D eigenvalue weighted by atomic mass is 16.5. The second-order valence-electron chi connectivity index (χ2n) is 5.50. The summed E-state index contributed by atoms with van der Waals surface area (Å²) in [7, 11) is 0. The van der Waals surface area contributed by atoms with E-state index < -0.39 is 0 Å². The Labute approximate surface area is 134 Å². The largest absolute Gasteiger partial charge is 0.462 e. The maximum atomic E-state index is 11.1. The van der Waals surface area contributed by atoms with Gasteiger partial charge in [-0.05, 0) is 24.7 Å². The van der Waals surface area contributed by atoms with Gasteiger partial charge >= 0.3 is 11.9 Å². The Morgan fingerprint density at radius 2 is 1.23 bits per heavy atom. The van der Waals surface area contributed by atoms with E-state index >= 15 is 0 Å². The number of unbranched alkanes of at least 4 members (excludes halogenated alkanes) is 1. The van der Waals surface area contributed by atoms with Crippen molar-refractivity contribution in [1.29, 1.82) is 0 Å². The van der Waals surface area contributed by atoms with Crippen LogP contribution in [0.4, 0.5) is 0 Å². The highest BCUT2D eigenvalue weighted by Gasteiger charge is 2.11. The van der Waals surface area contributed by atoms with E-state index in [1.807, 2.05) is 0 Å². The Bertz CT molecular complexity index is 315. The first-order valence-corrected chi connectivity index (χ1v) is 8.15. The van der Waals surface area contributed by atoms with Crippen LogP contribution >= 0.6 is 0 Å². The van der Waals surface area contributed by atoms with Crippen molar-refractivity contribution in [3.63, 3.8) is 0 Å². The summed E-state index contributed by atoms with van der Waals surface area (Å²) in [6, 6.07) is 0. The summed E-state index contributed by atoms with van der Waals surface area (Å²) >= 11 is 0. The van der Waals surface area contributed by atoms with Crippen LogP contribution < -0.4 is 0 Å². The van der Waals surface area contributed by atoms with Gasteiger partial charge in [0.05, 0.1) is 13.2 Å². The fourth-order valence-electron chi connectivity index (χ4n) is 2.19. The topological polar surface area (TPSA) is 52.6 Å². The normalized spacial score (nSPS) is 13.0. The minimum atomic E-state index is -0.353. The first kappa shape index (κ1) is 20.4. The molecule has 0 fully saturated rings. The number of carbonyl (C=O) groups is 2. The van der Waals surface area contributed by atoms with E-state index in [1.165, 1.54) is 12.2 Å². The fraction of sp³-hybridized carbons (Fsp3) is 0.667. The third kappa shape index (κ3) is 10.2. The zero-order valence-corrected chi connectivity index (χ0v) is 14.0. The van der Waals surface area contributed by atoms with E-state index in [4.69, 9.17) is 9.47 Å². The molecule has 0 aliphatic heterocycles. The molecular formula is C18H30O4. The van der Waals surface area contributed by atoms with Gasteiger partial charge < -0.3 is 9.47 Å². The molecule has 0 aliphatic rings. The van der Waals surface area contributed by atoms with Gasteiger partial charge in [-0.3, -0.25) is 0 Å². The first-order valence-electron chi connectivity index (χ1n) is 8.15.